The van der Waals surface area contributed by atoms with E-state index in [0.29, 0.717) is 5.69 Å². The molecule has 1 aliphatic heterocycles. The van der Waals surface area contributed by atoms with Crippen LogP contribution in [0.2, 0.25) is 0 Å². The first-order valence-corrected chi connectivity index (χ1v) is 10.0. The first kappa shape index (κ1) is 19.7. The van der Waals surface area contributed by atoms with Crippen LogP contribution < -0.4 is 20.3 Å². The molecule has 2 N–H and O–H groups in total. The van der Waals surface area contributed by atoms with Crippen molar-refractivity contribution in [2.24, 2.45) is 0 Å². The molecule has 4 rings (SSSR count). The third-order valence-electron chi connectivity index (χ3n) is 5.16. The van der Waals surface area contributed by atoms with E-state index in [4.69, 9.17) is 4.74 Å². The van der Waals surface area contributed by atoms with Gasteiger partial charge in [0.1, 0.15) is 11.4 Å². The fourth-order valence-corrected chi connectivity index (χ4v) is 3.63. The fraction of sp³-hybridized carbons (Fsp3) is 0.261. The summed E-state index contributed by atoms with van der Waals surface area (Å²) in [5, 5.41) is 5.79. The minimum Gasteiger partial charge on any atom is -0.497 e. The van der Waals surface area contributed by atoms with E-state index in [1.165, 1.54) is 12.8 Å². The third-order valence-corrected chi connectivity index (χ3v) is 5.16. The second-order valence-corrected chi connectivity index (χ2v) is 7.26. The van der Waals surface area contributed by atoms with Crippen LogP contribution in [0.5, 0.6) is 5.75 Å². The van der Waals surface area contributed by atoms with Gasteiger partial charge in [0.25, 0.3) is 0 Å². The van der Waals surface area contributed by atoms with Crippen molar-refractivity contribution in [2.45, 2.75) is 19.8 Å². The zero-order valence-electron chi connectivity index (χ0n) is 17.2. The highest BCUT2D eigenvalue weighted by Crippen LogP contribution is 2.30. The number of anilines is 3. The molecule has 0 atom stereocenters. The zero-order chi connectivity index (χ0) is 20.9. The molecular weight excluding hydrogens is 378 g/mol. The normalized spacial score (nSPS) is 13.2. The predicted octanol–water partition coefficient (Wildman–Crippen LogP) is 4.70. The first-order chi connectivity index (χ1) is 14.6. The number of hydrogen-bond acceptors (Lipinski definition) is 5. The summed E-state index contributed by atoms with van der Waals surface area (Å²) in [7, 11) is 1.62. The fourth-order valence-electron chi connectivity index (χ4n) is 3.63. The van der Waals surface area contributed by atoms with E-state index in [0.717, 1.165) is 47.2 Å². The lowest BCUT2D eigenvalue weighted by Crippen LogP contribution is -2.20. The standard InChI is InChI=1S/C23H25N5O2/c1-16-14-19(30-2)8-9-20(16)27-23(29)26-18-7-5-6-17(15-18)21-22(25-11-10-24-21)28-12-3-4-13-28/h5-11,14-15H,3-4,12-13H2,1-2H3,(H2,26,27,29). The molecule has 2 heterocycles. The number of benzene rings is 2. The van der Waals surface area contributed by atoms with Crippen molar-refractivity contribution in [1.82, 2.24) is 9.97 Å². The van der Waals surface area contributed by atoms with Crippen LogP contribution in [0.15, 0.2) is 54.9 Å². The number of carbonyl (C=O) groups excluding carboxylic acids is 1. The predicted molar refractivity (Wildman–Crippen MR) is 119 cm³/mol. The van der Waals surface area contributed by atoms with Crippen LogP contribution in [0.1, 0.15) is 18.4 Å². The van der Waals surface area contributed by atoms with Gasteiger partial charge in [0, 0.05) is 42.4 Å². The molecule has 0 spiro atoms. The van der Waals surface area contributed by atoms with Crippen molar-refractivity contribution in [3.05, 3.63) is 60.4 Å². The van der Waals surface area contributed by atoms with E-state index < -0.39 is 0 Å². The minimum absolute atomic E-state index is 0.306. The van der Waals surface area contributed by atoms with Gasteiger partial charge in [-0.2, -0.15) is 0 Å². The number of urea groups is 1. The van der Waals surface area contributed by atoms with Gasteiger partial charge in [0.15, 0.2) is 5.82 Å². The maximum Gasteiger partial charge on any atom is 0.323 e. The molecule has 2 aromatic carbocycles. The summed E-state index contributed by atoms with van der Waals surface area (Å²) in [6, 6.07) is 12.9. The lowest BCUT2D eigenvalue weighted by Gasteiger charge is -2.19. The van der Waals surface area contributed by atoms with Gasteiger partial charge < -0.3 is 20.3 Å². The van der Waals surface area contributed by atoms with Gasteiger partial charge in [-0.25, -0.2) is 9.78 Å². The van der Waals surface area contributed by atoms with Gasteiger partial charge in [-0.05, 0) is 55.7 Å². The van der Waals surface area contributed by atoms with Crippen molar-refractivity contribution in [2.75, 3.05) is 35.7 Å². The summed E-state index contributed by atoms with van der Waals surface area (Å²) in [5.74, 6) is 1.65. The molecule has 3 aromatic rings. The highest BCUT2D eigenvalue weighted by molar-refractivity contribution is 6.00. The Labute approximate surface area is 176 Å². The Kier molecular flexibility index (Phi) is 5.79. The van der Waals surface area contributed by atoms with Crippen molar-refractivity contribution < 1.29 is 9.53 Å². The van der Waals surface area contributed by atoms with Gasteiger partial charge in [-0.15, -0.1) is 0 Å². The number of ether oxygens (including phenoxy) is 1. The molecule has 0 aliphatic carbocycles. The molecule has 30 heavy (non-hydrogen) atoms. The second kappa shape index (κ2) is 8.82. The largest absolute Gasteiger partial charge is 0.497 e. The van der Waals surface area contributed by atoms with Crippen LogP contribution in [-0.4, -0.2) is 36.2 Å². The van der Waals surface area contributed by atoms with Crippen molar-refractivity contribution in [3.63, 3.8) is 0 Å². The smallest absolute Gasteiger partial charge is 0.323 e. The molecule has 1 fully saturated rings. The number of aromatic nitrogens is 2. The number of carbonyl (C=O) groups is 1. The summed E-state index contributed by atoms with van der Waals surface area (Å²) >= 11 is 0. The Bertz CT molecular complexity index is 1050. The number of aryl methyl sites for hydroxylation is 1. The molecule has 0 saturated carbocycles. The van der Waals surface area contributed by atoms with E-state index in [9.17, 15) is 4.79 Å². The maximum atomic E-state index is 12.5. The first-order valence-electron chi connectivity index (χ1n) is 10.0. The quantitative estimate of drug-likeness (QED) is 0.645. The van der Waals surface area contributed by atoms with Crippen LogP contribution in [0.4, 0.5) is 22.0 Å². The Morgan fingerprint density at radius 1 is 1.03 bits per heavy atom. The molecule has 1 aliphatic rings. The minimum atomic E-state index is -0.306. The number of nitrogens with one attached hydrogen (secondary N) is 2. The lowest BCUT2D eigenvalue weighted by molar-refractivity contribution is 0.262. The average Bonchev–Trinajstić information content (AvgIpc) is 3.30. The van der Waals surface area contributed by atoms with E-state index in [-0.39, 0.29) is 6.03 Å². The van der Waals surface area contributed by atoms with Crippen LogP contribution in [0.3, 0.4) is 0 Å². The maximum absolute atomic E-state index is 12.5. The van der Waals surface area contributed by atoms with Gasteiger partial charge in [-0.3, -0.25) is 4.98 Å². The molecule has 0 bridgehead atoms. The number of nitrogens with zero attached hydrogens (tertiary/aromatic N) is 3. The number of methoxy groups -OCH3 is 1. The molecule has 0 radical (unpaired) electrons. The number of rotatable bonds is 5. The molecule has 1 aromatic heterocycles. The average molecular weight is 403 g/mol. The Balaban J connectivity index is 1.51. The molecule has 2 amide bonds. The van der Waals surface area contributed by atoms with Crippen LogP contribution >= 0.6 is 0 Å². The highest BCUT2D eigenvalue weighted by atomic mass is 16.5. The molecular formula is C23H25N5O2. The Hall–Kier alpha value is -3.61. The van der Waals surface area contributed by atoms with Gasteiger partial charge in [0.05, 0.1) is 7.11 Å². The summed E-state index contributed by atoms with van der Waals surface area (Å²) in [6.07, 6.45) is 5.77. The molecule has 0 unspecified atom stereocenters. The van der Waals surface area contributed by atoms with Gasteiger partial charge >= 0.3 is 6.03 Å². The Morgan fingerprint density at radius 3 is 2.60 bits per heavy atom. The summed E-state index contributed by atoms with van der Waals surface area (Å²) in [6.45, 7) is 3.91. The SMILES string of the molecule is COc1ccc(NC(=O)Nc2cccc(-c3nccnc3N3CCCC3)c2)c(C)c1. The zero-order valence-corrected chi connectivity index (χ0v) is 17.2. The molecule has 7 heteroatoms. The van der Waals surface area contributed by atoms with E-state index in [2.05, 4.69) is 25.5 Å². The number of amides is 2. The lowest BCUT2D eigenvalue weighted by atomic mass is 10.1. The summed E-state index contributed by atoms with van der Waals surface area (Å²) in [5.41, 5.74) is 4.09. The number of hydrogen-bond donors (Lipinski definition) is 2. The van der Waals surface area contributed by atoms with Crippen molar-refractivity contribution >= 4 is 23.2 Å². The van der Waals surface area contributed by atoms with Crippen LogP contribution in [0.25, 0.3) is 11.3 Å². The highest BCUT2D eigenvalue weighted by Gasteiger charge is 2.19. The van der Waals surface area contributed by atoms with Gasteiger partial charge in [-0.1, -0.05) is 12.1 Å². The second-order valence-electron chi connectivity index (χ2n) is 7.26. The van der Waals surface area contributed by atoms with E-state index in [1.54, 1.807) is 19.5 Å². The third kappa shape index (κ3) is 4.35. The molecule has 7 nitrogen and oxygen atoms in total. The van der Waals surface area contributed by atoms with Crippen LogP contribution in [0, 0.1) is 6.92 Å². The van der Waals surface area contributed by atoms with Crippen molar-refractivity contribution in [1.29, 1.82) is 0 Å². The Morgan fingerprint density at radius 2 is 1.83 bits per heavy atom. The summed E-state index contributed by atoms with van der Waals surface area (Å²) in [4.78, 5) is 23.9. The van der Waals surface area contributed by atoms with Crippen LogP contribution in [-0.2, 0) is 0 Å². The van der Waals surface area contributed by atoms with E-state index in [1.807, 2.05) is 49.4 Å². The topological polar surface area (TPSA) is 79.4 Å². The van der Waals surface area contributed by atoms with Crippen molar-refractivity contribution in [3.8, 4) is 17.0 Å². The summed E-state index contributed by atoms with van der Waals surface area (Å²) < 4.78 is 5.21. The molecule has 1 saturated heterocycles. The monoisotopic (exact) mass is 403 g/mol. The van der Waals surface area contributed by atoms with E-state index >= 15 is 0 Å². The van der Waals surface area contributed by atoms with Gasteiger partial charge in [0.2, 0.25) is 0 Å². The molecule has 154 valence electrons.